The van der Waals surface area contributed by atoms with Crippen LogP contribution in [-0.2, 0) is 14.6 Å². The van der Waals surface area contributed by atoms with Crippen molar-refractivity contribution in [2.24, 2.45) is 0 Å². The number of anilines is 2. The number of aromatic nitrogens is 2. The van der Waals surface area contributed by atoms with Crippen molar-refractivity contribution in [3.05, 3.63) is 27.8 Å². The van der Waals surface area contributed by atoms with E-state index in [1.807, 2.05) is 12.1 Å². The van der Waals surface area contributed by atoms with E-state index in [1.54, 1.807) is 12.1 Å². The number of benzene rings is 1. The third kappa shape index (κ3) is 4.47. The lowest BCUT2D eigenvalue weighted by Gasteiger charge is -2.19. The molecule has 1 N–H and O–H groups in total. The number of hydrogen-bond acceptors (Lipinski definition) is 8. The largest absolute Gasteiger partial charge is 0.423 e. The van der Waals surface area contributed by atoms with Crippen molar-refractivity contribution in [2.45, 2.75) is 10.6 Å². The molecule has 0 saturated carbocycles. The molecular formula is C14H14IN5O5S2. The van der Waals surface area contributed by atoms with Crippen LogP contribution in [0.1, 0.15) is 0 Å². The van der Waals surface area contributed by atoms with E-state index in [0.29, 0.717) is 5.69 Å². The van der Waals surface area contributed by atoms with Gasteiger partial charge in [-0.2, -0.15) is 0 Å². The van der Waals surface area contributed by atoms with Gasteiger partial charge >= 0.3 is 12.1 Å². The second-order valence-electron chi connectivity index (χ2n) is 5.65. The fourth-order valence-corrected chi connectivity index (χ4v) is 4.24. The molecule has 1 saturated heterocycles. The van der Waals surface area contributed by atoms with Crippen LogP contribution in [0.15, 0.2) is 28.6 Å². The lowest BCUT2D eigenvalue weighted by atomic mass is 10.3. The van der Waals surface area contributed by atoms with Gasteiger partial charge in [-0.05, 0) is 46.9 Å². The minimum atomic E-state index is -3.55. The van der Waals surface area contributed by atoms with Gasteiger partial charge in [-0.25, -0.2) is 22.9 Å². The van der Waals surface area contributed by atoms with Crippen molar-refractivity contribution < 1.29 is 22.7 Å². The number of halogens is 1. The predicted molar refractivity (Wildman–Crippen MR) is 107 cm³/mol. The number of amides is 3. The number of carbonyl (C=O) groups is 2. The summed E-state index contributed by atoms with van der Waals surface area (Å²) in [6, 6.07) is 6.61. The maximum atomic E-state index is 12.4. The van der Waals surface area contributed by atoms with Crippen LogP contribution in [-0.4, -0.2) is 61.7 Å². The maximum absolute atomic E-state index is 12.4. The molecule has 13 heteroatoms. The van der Waals surface area contributed by atoms with Gasteiger partial charge in [0.15, 0.2) is 0 Å². The SMILES string of the molecule is CN1CC(OC(=O)Nc2ccc(I)cc2)N(c2nnc(S(C)(=O)=O)s2)C1=O. The van der Waals surface area contributed by atoms with Crippen LogP contribution >= 0.6 is 33.9 Å². The molecule has 3 amide bonds. The van der Waals surface area contributed by atoms with E-state index in [-0.39, 0.29) is 16.0 Å². The number of hydrogen-bond donors (Lipinski definition) is 1. The first kappa shape index (κ1) is 19.8. The van der Waals surface area contributed by atoms with Crippen molar-refractivity contribution in [2.75, 3.05) is 30.1 Å². The highest BCUT2D eigenvalue weighted by molar-refractivity contribution is 14.1. The Hall–Kier alpha value is -2.00. The molecule has 2 aromatic rings. The predicted octanol–water partition coefficient (Wildman–Crippen LogP) is 1.99. The molecule has 1 aromatic carbocycles. The Labute approximate surface area is 172 Å². The fourth-order valence-electron chi connectivity index (χ4n) is 2.25. The molecule has 1 atom stereocenters. The van der Waals surface area contributed by atoms with Crippen molar-refractivity contribution >= 4 is 66.7 Å². The molecule has 0 bridgehead atoms. The zero-order valence-corrected chi connectivity index (χ0v) is 17.9. The minimum absolute atomic E-state index is 0.0387. The van der Waals surface area contributed by atoms with Crippen LogP contribution in [0, 0.1) is 3.57 Å². The first-order valence-corrected chi connectivity index (χ1v) is 11.2. The Balaban J connectivity index is 1.76. The number of ether oxygens (including phenoxy) is 1. The highest BCUT2D eigenvalue weighted by Gasteiger charge is 2.41. The zero-order chi connectivity index (χ0) is 19.8. The Morgan fingerprint density at radius 2 is 2.00 bits per heavy atom. The molecule has 1 unspecified atom stereocenters. The summed E-state index contributed by atoms with van der Waals surface area (Å²) in [4.78, 5) is 27.0. The summed E-state index contributed by atoms with van der Waals surface area (Å²) in [5, 5.41) is 9.96. The molecule has 144 valence electrons. The monoisotopic (exact) mass is 523 g/mol. The lowest BCUT2D eigenvalue weighted by Crippen LogP contribution is -2.38. The van der Waals surface area contributed by atoms with Gasteiger partial charge in [-0.3, -0.25) is 5.32 Å². The molecule has 2 heterocycles. The summed E-state index contributed by atoms with van der Waals surface area (Å²) in [6.45, 7) is 0.104. The summed E-state index contributed by atoms with van der Waals surface area (Å²) in [6.07, 6.45) is -0.716. The Morgan fingerprint density at radius 1 is 1.33 bits per heavy atom. The van der Waals surface area contributed by atoms with Gasteiger partial charge < -0.3 is 9.64 Å². The summed E-state index contributed by atoms with van der Waals surface area (Å²) >= 11 is 2.88. The zero-order valence-electron chi connectivity index (χ0n) is 14.1. The second-order valence-corrected chi connectivity index (χ2v) is 10.0. The molecule has 10 nitrogen and oxygen atoms in total. The quantitative estimate of drug-likeness (QED) is 0.481. The Kier molecular flexibility index (Phi) is 5.53. The number of likely N-dealkylation sites (N-methyl/N-ethyl adjacent to an activating group) is 1. The van der Waals surface area contributed by atoms with Gasteiger partial charge in [0, 0.05) is 22.6 Å². The molecule has 1 fully saturated rings. The van der Waals surface area contributed by atoms with Crippen LogP contribution in [0.25, 0.3) is 0 Å². The van der Waals surface area contributed by atoms with Gasteiger partial charge in [0.05, 0.1) is 6.54 Å². The Morgan fingerprint density at radius 3 is 2.59 bits per heavy atom. The molecule has 0 radical (unpaired) electrons. The summed E-state index contributed by atoms with van der Waals surface area (Å²) in [5.41, 5.74) is 0.542. The van der Waals surface area contributed by atoms with Crippen LogP contribution in [0.3, 0.4) is 0 Å². The summed E-state index contributed by atoms with van der Waals surface area (Å²) in [7, 11) is -2.02. The maximum Gasteiger partial charge on any atom is 0.413 e. The minimum Gasteiger partial charge on any atom is -0.423 e. The van der Waals surface area contributed by atoms with Gasteiger partial charge in [-0.15, -0.1) is 10.2 Å². The molecule has 0 aliphatic carbocycles. The van der Waals surface area contributed by atoms with Crippen LogP contribution < -0.4 is 10.2 Å². The number of nitrogens with zero attached hydrogens (tertiary/aromatic N) is 4. The van der Waals surface area contributed by atoms with Crippen LogP contribution in [0.5, 0.6) is 0 Å². The topological polar surface area (TPSA) is 122 Å². The van der Waals surface area contributed by atoms with E-state index in [1.165, 1.54) is 11.9 Å². The first-order chi connectivity index (χ1) is 12.6. The molecular weight excluding hydrogens is 509 g/mol. The molecule has 1 aromatic heterocycles. The molecule has 1 aliphatic rings. The van der Waals surface area contributed by atoms with E-state index >= 15 is 0 Å². The number of sulfone groups is 1. The molecule has 0 spiro atoms. The van der Waals surface area contributed by atoms with Gasteiger partial charge in [0.2, 0.25) is 25.5 Å². The highest BCUT2D eigenvalue weighted by atomic mass is 127. The van der Waals surface area contributed by atoms with Crippen LogP contribution in [0.4, 0.5) is 20.4 Å². The van der Waals surface area contributed by atoms with Crippen molar-refractivity contribution in [1.82, 2.24) is 15.1 Å². The number of carbonyl (C=O) groups excluding carboxylic acids is 2. The average molecular weight is 523 g/mol. The third-order valence-electron chi connectivity index (χ3n) is 3.50. The first-order valence-electron chi connectivity index (χ1n) is 7.46. The smallest absolute Gasteiger partial charge is 0.413 e. The van der Waals surface area contributed by atoms with E-state index in [4.69, 9.17) is 4.74 Å². The van der Waals surface area contributed by atoms with E-state index in [9.17, 15) is 18.0 Å². The average Bonchev–Trinajstić information content (AvgIpc) is 3.15. The molecule has 27 heavy (non-hydrogen) atoms. The normalized spacial score (nSPS) is 17.3. The number of urea groups is 1. The highest BCUT2D eigenvalue weighted by Crippen LogP contribution is 2.29. The molecule has 1 aliphatic heterocycles. The van der Waals surface area contributed by atoms with E-state index < -0.39 is 28.2 Å². The number of nitrogens with one attached hydrogen (secondary N) is 1. The molecule has 3 rings (SSSR count). The van der Waals surface area contributed by atoms with Crippen LogP contribution in [0.2, 0.25) is 0 Å². The van der Waals surface area contributed by atoms with Crippen molar-refractivity contribution in [1.29, 1.82) is 0 Å². The van der Waals surface area contributed by atoms with Gasteiger partial charge in [0.1, 0.15) is 0 Å². The van der Waals surface area contributed by atoms with Crippen molar-refractivity contribution in [3.8, 4) is 0 Å². The number of rotatable bonds is 4. The van der Waals surface area contributed by atoms with Gasteiger partial charge in [-0.1, -0.05) is 11.3 Å². The summed E-state index contributed by atoms with van der Waals surface area (Å²) < 4.78 is 29.3. The standard InChI is InChI=1S/C14H14IN5O5S2/c1-19-7-10(25-12(21)16-9-5-3-8(15)4-6-9)20(14(19)22)11-17-18-13(26-11)27(2,23)24/h3-6,10H,7H2,1-2H3,(H,16,21). The van der Waals surface area contributed by atoms with E-state index in [2.05, 4.69) is 38.1 Å². The van der Waals surface area contributed by atoms with Crippen molar-refractivity contribution in [3.63, 3.8) is 0 Å². The lowest BCUT2D eigenvalue weighted by molar-refractivity contribution is 0.116. The van der Waals surface area contributed by atoms with E-state index in [0.717, 1.165) is 26.1 Å². The Bertz CT molecular complexity index is 978. The summed E-state index contributed by atoms with van der Waals surface area (Å²) in [5.74, 6) is 0. The second kappa shape index (κ2) is 7.55. The van der Waals surface area contributed by atoms with Gasteiger partial charge in [0.25, 0.3) is 0 Å². The fraction of sp³-hybridized carbons (Fsp3) is 0.286. The third-order valence-corrected chi connectivity index (χ3v) is 6.81.